The van der Waals surface area contributed by atoms with E-state index in [0.717, 1.165) is 28.0 Å². The van der Waals surface area contributed by atoms with Gasteiger partial charge in [-0.2, -0.15) is 0 Å². The van der Waals surface area contributed by atoms with E-state index in [9.17, 15) is 18.8 Å². The summed E-state index contributed by atoms with van der Waals surface area (Å²) in [7, 11) is 1.57. The number of para-hydroxylation sites is 1. The van der Waals surface area contributed by atoms with Crippen molar-refractivity contribution >= 4 is 16.9 Å². The number of carbonyl (C=O) groups is 1. The molecule has 1 amide bonds. The molecular weight excluding hydrogens is 353 g/mol. The number of ether oxygens (including phenoxy) is 1. The van der Waals surface area contributed by atoms with Crippen LogP contribution in [0.25, 0.3) is 11.0 Å². The van der Waals surface area contributed by atoms with Gasteiger partial charge in [0.25, 0.3) is 0 Å². The minimum absolute atomic E-state index is 0.154. The van der Waals surface area contributed by atoms with Crippen molar-refractivity contribution in [2.75, 3.05) is 13.7 Å². The Labute approximate surface area is 153 Å². The van der Waals surface area contributed by atoms with Crippen LogP contribution in [0, 0.1) is 5.82 Å². The fourth-order valence-electron chi connectivity index (χ4n) is 2.85. The summed E-state index contributed by atoms with van der Waals surface area (Å²) < 4.78 is 19.6. The number of benzene rings is 2. The molecule has 0 saturated heterocycles. The third-order valence-electron chi connectivity index (χ3n) is 4.15. The minimum Gasteiger partial charge on any atom is -0.496 e. The van der Waals surface area contributed by atoms with Crippen molar-refractivity contribution < 1.29 is 13.9 Å². The van der Waals surface area contributed by atoms with Gasteiger partial charge in [-0.15, -0.1) is 0 Å². The highest BCUT2D eigenvalue weighted by molar-refractivity contribution is 5.80. The number of hydrogen-bond acceptors (Lipinski definition) is 4. The minimum atomic E-state index is -0.907. The molecule has 0 spiro atoms. The monoisotopic (exact) mass is 371 g/mol. The maximum absolute atomic E-state index is 13.4. The lowest BCUT2D eigenvalue weighted by atomic mass is 10.1. The topological polar surface area (TPSA) is 93.2 Å². The molecule has 8 heteroatoms. The number of carbonyl (C=O) groups excluding carboxylic acids is 1. The highest BCUT2D eigenvalue weighted by Crippen LogP contribution is 2.17. The second-order valence-electron chi connectivity index (χ2n) is 5.92. The number of H-pyrrole nitrogens is 1. The van der Waals surface area contributed by atoms with Crippen molar-refractivity contribution in [3.63, 3.8) is 0 Å². The van der Waals surface area contributed by atoms with Gasteiger partial charge in [0.05, 0.1) is 18.1 Å². The van der Waals surface area contributed by atoms with E-state index in [4.69, 9.17) is 4.74 Å². The summed E-state index contributed by atoms with van der Waals surface area (Å²) in [5.74, 6) is -0.251. The van der Waals surface area contributed by atoms with Crippen molar-refractivity contribution in [2.45, 2.75) is 13.0 Å². The van der Waals surface area contributed by atoms with Crippen LogP contribution in [0.3, 0.4) is 0 Å². The Balaban J connectivity index is 1.74. The number of aromatic amines is 1. The molecule has 0 bridgehead atoms. The van der Waals surface area contributed by atoms with Gasteiger partial charge in [0.1, 0.15) is 18.1 Å². The number of rotatable bonds is 6. The van der Waals surface area contributed by atoms with Gasteiger partial charge in [-0.1, -0.05) is 18.2 Å². The number of nitrogens with one attached hydrogen (secondary N) is 2. The van der Waals surface area contributed by atoms with Gasteiger partial charge in [-0.25, -0.2) is 4.39 Å². The average Bonchev–Trinajstić information content (AvgIpc) is 2.65. The molecule has 0 aliphatic heterocycles. The normalized spacial score (nSPS) is 10.7. The lowest BCUT2D eigenvalue weighted by Crippen LogP contribution is -2.40. The van der Waals surface area contributed by atoms with Gasteiger partial charge >= 0.3 is 11.1 Å². The van der Waals surface area contributed by atoms with Crippen LogP contribution in [0.4, 0.5) is 4.39 Å². The van der Waals surface area contributed by atoms with Crippen LogP contribution < -0.4 is 21.2 Å². The predicted octanol–water partition coefficient (Wildman–Crippen LogP) is 1.20. The zero-order valence-electron chi connectivity index (χ0n) is 14.6. The molecule has 1 aromatic heterocycles. The van der Waals surface area contributed by atoms with Gasteiger partial charge in [0.2, 0.25) is 5.91 Å². The first-order valence-corrected chi connectivity index (χ1v) is 8.30. The summed E-state index contributed by atoms with van der Waals surface area (Å²) in [5, 5.41) is 2.71. The molecule has 0 aliphatic rings. The highest BCUT2D eigenvalue weighted by Gasteiger charge is 2.12. The highest BCUT2D eigenvalue weighted by atomic mass is 19.1. The van der Waals surface area contributed by atoms with E-state index in [1.807, 2.05) is 24.3 Å². The van der Waals surface area contributed by atoms with E-state index in [1.54, 1.807) is 7.11 Å². The molecule has 140 valence electrons. The number of halogens is 1. The molecule has 3 rings (SSSR count). The van der Waals surface area contributed by atoms with Gasteiger partial charge in [0, 0.05) is 6.54 Å². The van der Waals surface area contributed by atoms with Gasteiger partial charge in [0.15, 0.2) is 0 Å². The summed E-state index contributed by atoms with van der Waals surface area (Å²) in [6.07, 6.45) is 0.548. The largest absolute Gasteiger partial charge is 0.496 e. The number of amides is 1. The third-order valence-corrected chi connectivity index (χ3v) is 4.15. The van der Waals surface area contributed by atoms with Crippen LogP contribution >= 0.6 is 0 Å². The van der Waals surface area contributed by atoms with Crippen molar-refractivity contribution in [1.29, 1.82) is 0 Å². The molecule has 2 N–H and O–H groups in total. The predicted molar refractivity (Wildman–Crippen MR) is 98.5 cm³/mol. The number of methoxy groups -OCH3 is 1. The first kappa shape index (κ1) is 18.4. The standard InChI is InChI=1S/C19H18FN3O4/c1-27-16-5-3-2-4-12(16)8-9-21-17(24)11-23-15-7-6-13(20)10-14(15)22-18(25)19(23)26/h2-7,10H,8-9,11H2,1H3,(H,21,24)(H,22,25). The lowest BCUT2D eigenvalue weighted by molar-refractivity contribution is -0.121. The fraction of sp³-hybridized carbons (Fsp3) is 0.211. The molecule has 27 heavy (non-hydrogen) atoms. The van der Waals surface area contributed by atoms with E-state index < -0.39 is 22.8 Å². The van der Waals surface area contributed by atoms with Crippen LogP contribution in [-0.4, -0.2) is 29.1 Å². The third kappa shape index (κ3) is 4.05. The Morgan fingerprint density at radius 1 is 1.22 bits per heavy atom. The molecule has 0 aliphatic carbocycles. The molecule has 0 radical (unpaired) electrons. The Morgan fingerprint density at radius 2 is 2.00 bits per heavy atom. The van der Waals surface area contributed by atoms with Crippen LogP contribution in [0.5, 0.6) is 5.75 Å². The number of aromatic nitrogens is 2. The molecule has 3 aromatic rings. The van der Waals surface area contributed by atoms with E-state index in [2.05, 4.69) is 10.3 Å². The van der Waals surface area contributed by atoms with E-state index in [1.165, 1.54) is 6.07 Å². The second kappa shape index (κ2) is 7.86. The van der Waals surface area contributed by atoms with Crippen LogP contribution in [-0.2, 0) is 17.8 Å². The average molecular weight is 371 g/mol. The summed E-state index contributed by atoms with van der Waals surface area (Å²) in [4.78, 5) is 38.4. The Kier molecular flexibility index (Phi) is 5.35. The zero-order chi connectivity index (χ0) is 19.4. The zero-order valence-corrected chi connectivity index (χ0v) is 14.6. The van der Waals surface area contributed by atoms with Gasteiger partial charge in [-0.3, -0.25) is 19.0 Å². The molecule has 2 aromatic carbocycles. The van der Waals surface area contributed by atoms with Crippen molar-refractivity contribution in [3.8, 4) is 5.75 Å². The summed E-state index contributed by atoms with van der Waals surface area (Å²) >= 11 is 0. The van der Waals surface area contributed by atoms with Crippen LogP contribution in [0.2, 0.25) is 0 Å². The molecule has 7 nitrogen and oxygen atoms in total. The first-order chi connectivity index (χ1) is 13.0. The number of fused-ring (bicyclic) bond motifs is 1. The van der Waals surface area contributed by atoms with Gasteiger partial charge in [-0.05, 0) is 36.2 Å². The lowest BCUT2D eigenvalue weighted by Gasteiger charge is -2.11. The summed E-state index contributed by atoms with van der Waals surface area (Å²) in [6.45, 7) is 0.000515. The molecule has 0 unspecified atom stereocenters. The molecule has 0 atom stereocenters. The maximum atomic E-state index is 13.4. The van der Waals surface area contributed by atoms with E-state index in [0.29, 0.717) is 13.0 Å². The molecule has 1 heterocycles. The van der Waals surface area contributed by atoms with Crippen molar-refractivity contribution in [1.82, 2.24) is 14.9 Å². The summed E-state index contributed by atoms with van der Waals surface area (Å²) in [5.41, 5.74) is -0.402. The Hall–Kier alpha value is -3.42. The Bertz CT molecular complexity index is 1100. The van der Waals surface area contributed by atoms with Crippen LogP contribution in [0.1, 0.15) is 5.56 Å². The number of hydrogen-bond donors (Lipinski definition) is 2. The molecule has 0 saturated carbocycles. The maximum Gasteiger partial charge on any atom is 0.317 e. The molecule has 0 fully saturated rings. The van der Waals surface area contributed by atoms with Gasteiger partial charge < -0.3 is 15.0 Å². The van der Waals surface area contributed by atoms with E-state index >= 15 is 0 Å². The quantitative estimate of drug-likeness (QED) is 0.637. The molecular formula is C19H18FN3O4. The van der Waals surface area contributed by atoms with E-state index in [-0.39, 0.29) is 17.6 Å². The van der Waals surface area contributed by atoms with Crippen LogP contribution in [0.15, 0.2) is 52.1 Å². The first-order valence-electron chi connectivity index (χ1n) is 8.30. The Morgan fingerprint density at radius 3 is 2.78 bits per heavy atom. The smallest absolute Gasteiger partial charge is 0.317 e. The number of nitrogens with zero attached hydrogens (tertiary/aromatic N) is 1. The SMILES string of the molecule is COc1ccccc1CCNC(=O)Cn1c(=O)c(=O)[nH]c2cc(F)ccc21. The fourth-order valence-corrected chi connectivity index (χ4v) is 2.85. The van der Waals surface area contributed by atoms with Crippen molar-refractivity contribution in [3.05, 3.63) is 74.6 Å². The van der Waals surface area contributed by atoms with Crippen molar-refractivity contribution in [2.24, 2.45) is 0 Å². The summed E-state index contributed by atoms with van der Waals surface area (Å²) in [6, 6.07) is 11.1. The second-order valence-corrected chi connectivity index (χ2v) is 5.92.